The number of fused-ring (bicyclic) bond motifs is 3. The van der Waals surface area contributed by atoms with E-state index >= 15 is 0 Å². The number of piperidine rings is 1. The van der Waals surface area contributed by atoms with Gasteiger partial charge in [0.2, 0.25) is 0 Å². The van der Waals surface area contributed by atoms with E-state index in [-0.39, 0.29) is 41.2 Å². The number of nitrogens with one attached hydrogen (secondary N) is 1. The SMILES string of the molecule is Nc1cc(C(=O)N2[C@@H]3CC[C@H]2C[C@H](c2nc4c(-c5ccc(C(N)(C(F)(F)F)C(F)(F)F)nc5)cnn4c(N)c2C2CC2)C3)[nH]n1. The third-order valence-electron chi connectivity index (χ3n) is 9.29. The van der Waals surface area contributed by atoms with Crippen molar-refractivity contribution >= 4 is 23.2 Å². The first kappa shape index (κ1) is 29.3. The third kappa shape index (κ3) is 4.49. The molecule has 4 aromatic heterocycles. The van der Waals surface area contributed by atoms with Crippen molar-refractivity contribution in [3.8, 4) is 11.1 Å². The highest BCUT2D eigenvalue weighted by molar-refractivity contribution is 5.93. The van der Waals surface area contributed by atoms with Gasteiger partial charge in [0.15, 0.2) is 5.65 Å². The summed E-state index contributed by atoms with van der Waals surface area (Å²) in [7, 11) is 0. The van der Waals surface area contributed by atoms with Gasteiger partial charge < -0.3 is 22.1 Å². The van der Waals surface area contributed by atoms with Gasteiger partial charge >= 0.3 is 12.4 Å². The number of hydrogen-bond acceptors (Lipinski definition) is 8. The first-order valence-electron chi connectivity index (χ1n) is 14.4. The average molecular weight is 635 g/mol. The Hall–Kier alpha value is -4.41. The third-order valence-corrected chi connectivity index (χ3v) is 9.29. The number of nitrogens with two attached hydrogens (primary N) is 3. The molecule has 11 nitrogen and oxygen atoms in total. The summed E-state index contributed by atoms with van der Waals surface area (Å²) in [6, 6.07) is 3.11. The van der Waals surface area contributed by atoms with Crippen molar-refractivity contribution in [1.82, 2.24) is 34.7 Å². The number of halogens is 6. The van der Waals surface area contributed by atoms with Gasteiger partial charge in [-0.3, -0.25) is 14.9 Å². The normalized spacial score (nSPS) is 22.4. The van der Waals surface area contributed by atoms with Crippen molar-refractivity contribution < 1.29 is 31.1 Å². The Morgan fingerprint density at radius 2 is 1.60 bits per heavy atom. The topological polar surface area (TPSA) is 170 Å². The predicted octanol–water partition coefficient (Wildman–Crippen LogP) is 4.39. The number of carbonyl (C=O) groups is 1. The molecule has 3 atom stereocenters. The number of alkyl halides is 6. The van der Waals surface area contributed by atoms with Crippen LogP contribution in [-0.4, -0.2) is 65.0 Å². The lowest BCUT2D eigenvalue weighted by Gasteiger charge is -2.39. The fourth-order valence-electron chi connectivity index (χ4n) is 6.91. The molecule has 0 spiro atoms. The van der Waals surface area contributed by atoms with Gasteiger partial charge in [-0.1, -0.05) is 6.07 Å². The van der Waals surface area contributed by atoms with Crippen LogP contribution in [0, 0.1) is 0 Å². The molecule has 7 rings (SSSR count). The first-order chi connectivity index (χ1) is 21.2. The van der Waals surface area contributed by atoms with Crippen molar-refractivity contribution in [3.05, 3.63) is 53.2 Å². The molecule has 1 aliphatic carbocycles. The van der Waals surface area contributed by atoms with Gasteiger partial charge in [0, 0.05) is 47.0 Å². The van der Waals surface area contributed by atoms with E-state index in [2.05, 4.69) is 20.3 Å². The van der Waals surface area contributed by atoms with Crippen molar-refractivity contribution in [2.24, 2.45) is 5.73 Å². The second kappa shape index (κ2) is 9.79. The van der Waals surface area contributed by atoms with E-state index in [1.807, 2.05) is 4.90 Å². The summed E-state index contributed by atoms with van der Waals surface area (Å²) in [5.41, 5.74) is 14.1. The van der Waals surface area contributed by atoms with Crippen LogP contribution in [0.3, 0.4) is 0 Å². The number of aromatic nitrogens is 6. The highest BCUT2D eigenvalue weighted by Gasteiger charge is 2.70. The molecule has 2 saturated heterocycles. The Balaban J connectivity index is 1.25. The van der Waals surface area contributed by atoms with Gasteiger partial charge in [-0.25, -0.2) is 4.98 Å². The highest BCUT2D eigenvalue weighted by atomic mass is 19.4. The Kier molecular flexibility index (Phi) is 6.38. The number of amides is 1. The quantitative estimate of drug-likeness (QED) is 0.234. The molecule has 17 heteroatoms. The van der Waals surface area contributed by atoms with Crippen LogP contribution in [-0.2, 0) is 5.54 Å². The molecular weight excluding hydrogens is 606 g/mol. The van der Waals surface area contributed by atoms with E-state index in [9.17, 15) is 31.1 Å². The Morgan fingerprint density at radius 1 is 0.933 bits per heavy atom. The van der Waals surface area contributed by atoms with Crippen LogP contribution in [0.2, 0.25) is 0 Å². The molecule has 6 heterocycles. The summed E-state index contributed by atoms with van der Waals surface area (Å²) in [5, 5.41) is 10.9. The summed E-state index contributed by atoms with van der Waals surface area (Å²) in [4.78, 5) is 23.7. The molecule has 7 N–H and O–H groups in total. The lowest BCUT2D eigenvalue weighted by atomic mass is 9.85. The maximum Gasteiger partial charge on any atom is 0.421 e. The standard InChI is InChI=1S/C28H28F6N10O/c29-27(30,31)26(37,28(32,33)34)19-6-3-13(10-38-19)17-11-39-44-23(36)21(12-1-2-12)22(40-24(17)44)14-7-15-4-5-16(8-14)43(15)25(45)18-9-20(35)42-41-18/h3,6,9-12,14-16H,1-2,4-5,7-8,36-37H2,(H3,35,41,42)/t14-,15-,16+. The van der Waals surface area contributed by atoms with Gasteiger partial charge in [-0.2, -0.15) is 41.1 Å². The molecule has 0 aromatic carbocycles. The van der Waals surface area contributed by atoms with Crippen LogP contribution >= 0.6 is 0 Å². The van der Waals surface area contributed by atoms with Crippen LogP contribution in [0.15, 0.2) is 30.6 Å². The van der Waals surface area contributed by atoms with E-state index in [4.69, 9.17) is 22.2 Å². The minimum absolute atomic E-state index is 0.0408. The number of nitrogens with zero attached hydrogens (tertiary/aromatic N) is 6. The molecule has 2 bridgehead atoms. The van der Waals surface area contributed by atoms with E-state index in [0.29, 0.717) is 41.6 Å². The summed E-state index contributed by atoms with van der Waals surface area (Å²) >= 11 is 0. The summed E-state index contributed by atoms with van der Waals surface area (Å²) in [6.45, 7) is 0. The predicted molar refractivity (Wildman–Crippen MR) is 149 cm³/mol. The molecule has 3 aliphatic rings. The smallest absolute Gasteiger partial charge is 0.383 e. The van der Waals surface area contributed by atoms with Gasteiger partial charge in [0.1, 0.15) is 17.3 Å². The minimum atomic E-state index is -5.83. The Morgan fingerprint density at radius 3 is 2.13 bits per heavy atom. The number of pyridine rings is 1. The zero-order valence-corrected chi connectivity index (χ0v) is 23.5. The van der Waals surface area contributed by atoms with Crippen LogP contribution < -0.4 is 17.2 Å². The van der Waals surface area contributed by atoms with Crippen LogP contribution in [0.1, 0.15) is 77.8 Å². The van der Waals surface area contributed by atoms with Gasteiger partial charge in [-0.05, 0) is 50.5 Å². The van der Waals surface area contributed by atoms with E-state index < -0.39 is 23.6 Å². The van der Waals surface area contributed by atoms with E-state index in [1.54, 1.807) is 0 Å². The van der Waals surface area contributed by atoms with E-state index in [1.165, 1.54) is 16.8 Å². The number of nitrogen functional groups attached to an aromatic ring is 2. The number of rotatable bonds is 5. The number of H-pyrrole nitrogens is 1. The average Bonchev–Trinajstić information content (AvgIpc) is 3.47. The molecule has 4 aromatic rings. The second-order valence-corrected chi connectivity index (χ2v) is 12.1. The van der Waals surface area contributed by atoms with Crippen LogP contribution in [0.4, 0.5) is 38.0 Å². The maximum atomic E-state index is 13.5. The molecule has 3 fully saturated rings. The molecular formula is C28H28F6N10O. The van der Waals surface area contributed by atoms with Gasteiger partial charge in [-0.15, -0.1) is 0 Å². The van der Waals surface area contributed by atoms with E-state index in [0.717, 1.165) is 49.2 Å². The number of anilines is 2. The van der Waals surface area contributed by atoms with Crippen LogP contribution in [0.5, 0.6) is 0 Å². The fourth-order valence-corrected chi connectivity index (χ4v) is 6.91. The molecule has 2 aliphatic heterocycles. The minimum Gasteiger partial charge on any atom is -0.383 e. The maximum absolute atomic E-state index is 13.5. The summed E-state index contributed by atoms with van der Waals surface area (Å²) in [5.74, 6) is 0.593. The monoisotopic (exact) mass is 634 g/mol. The largest absolute Gasteiger partial charge is 0.421 e. The van der Waals surface area contributed by atoms with Gasteiger partial charge in [0.05, 0.1) is 17.6 Å². The number of aromatic amines is 1. The van der Waals surface area contributed by atoms with Crippen molar-refractivity contribution in [2.45, 2.75) is 80.3 Å². The molecule has 45 heavy (non-hydrogen) atoms. The zero-order valence-electron chi connectivity index (χ0n) is 23.5. The Bertz CT molecular complexity index is 1760. The number of hydrogen-bond donors (Lipinski definition) is 4. The second-order valence-electron chi connectivity index (χ2n) is 12.1. The van der Waals surface area contributed by atoms with Crippen molar-refractivity contribution in [2.75, 3.05) is 11.5 Å². The van der Waals surface area contributed by atoms with Crippen LogP contribution in [0.25, 0.3) is 16.8 Å². The zero-order chi connectivity index (χ0) is 32.1. The Labute approximate surface area is 251 Å². The summed E-state index contributed by atoms with van der Waals surface area (Å²) in [6.07, 6.45) is -4.60. The molecule has 1 amide bonds. The fraction of sp³-hybridized carbons (Fsp3) is 0.464. The lowest BCUT2D eigenvalue weighted by Crippen LogP contribution is -2.61. The molecule has 1 saturated carbocycles. The van der Waals surface area contributed by atoms with Gasteiger partial charge in [0.25, 0.3) is 11.4 Å². The highest BCUT2D eigenvalue weighted by Crippen LogP contribution is 2.51. The number of carbonyl (C=O) groups excluding carboxylic acids is 1. The van der Waals surface area contributed by atoms with Crippen molar-refractivity contribution in [3.63, 3.8) is 0 Å². The first-order valence-corrected chi connectivity index (χ1v) is 14.4. The lowest BCUT2D eigenvalue weighted by molar-refractivity contribution is -0.303. The molecule has 238 valence electrons. The van der Waals surface area contributed by atoms with Crippen molar-refractivity contribution in [1.29, 1.82) is 0 Å². The molecule has 0 unspecified atom stereocenters. The molecule has 0 radical (unpaired) electrons. The summed E-state index contributed by atoms with van der Waals surface area (Å²) < 4.78 is 82.5.